The summed E-state index contributed by atoms with van der Waals surface area (Å²) in [6, 6.07) is 3.70. The number of rotatable bonds is 5. The van der Waals surface area contributed by atoms with Crippen LogP contribution < -0.4 is 9.47 Å². The molecule has 0 aliphatic heterocycles. The van der Waals surface area contributed by atoms with Crippen molar-refractivity contribution in [3.8, 4) is 11.5 Å². The highest BCUT2D eigenvalue weighted by atomic mass is 32.1. The van der Waals surface area contributed by atoms with Crippen molar-refractivity contribution >= 4 is 16.9 Å². The molecule has 1 aromatic carbocycles. The summed E-state index contributed by atoms with van der Waals surface area (Å²) < 4.78 is 10.7. The van der Waals surface area contributed by atoms with Crippen molar-refractivity contribution in [2.45, 2.75) is 19.4 Å². The molecule has 1 aliphatic rings. The fourth-order valence-electron chi connectivity index (χ4n) is 2.78. The maximum absolute atomic E-state index is 10.8. The molecule has 2 aromatic rings. The van der Waals surface area contributed by atoms with Gasteiger partial charge in [-0.15, -0.1) is 11.3 Å². The van der Waals surface area contributed by atoms with Gasteiger partial charge in [0.2, 0.25) is 0 Å². The first-order valence-corrected chi connectivity index (χ1v) is 8.91. The molecule has 0 fully saturated rings. The van der Waals surface area contributed by atoms with Crippen molar-refractivity contribution in [1.82, 2.24) is 4.98 Å². The number of nitrogens with zero attached hydrogens (tertiary/aromatic N) is 1. The first-order chi connectivity index (χ1) is 12.1. The van der Waals surface area contributed by atoms with E-state index in [-0.39, 0.29) is 0 Å². The van der Waals surface area contributed by atoms with Gasteiger partial charge in [-0.25, -0.2) is 4.98 Å². The van der Waals surface area contributed by atoms with Gasteiger partial charge >= 0.3 is 0 Å². The van der Waals surface area contributed by atoms with Gasteiger partial charge in [-0.1, -0.05) is 30.4 Å². The molecule has 1 aromatic heterocycles. The van der Waals surface area contributed by atoms with Gasteiger partial charge in [-0.05, 0) is 36.6 Å². The molecule has 3 rings (SSSR count). The highest BCUT2D eigenvalue weighted by Gasteiger charge is 2.19. The monoisotopic (exact) mass is 355 g/mol. The summed E-state index contributed by atoms with van der Waals surface area (Å²) in [6.07, 6.45) is 10.4. The maximum atomic E-state index is 10.8. The van der Waals surface area contributed by atoms with Gasteiger partial charge < -0.3 is 14.6 Å². The second kappa shape index (κ2) is 7.68. The second-order valence-corrected chi connectivity index (χ2v) is 6.60. The van der Waals surface area contributed by atoms with Gasteiger partial charge in [-0.3, -0.25) is 0 Å². The van der Waals surface area contributed by atoms with E-state index in [1.165, 1.54) is 11.3 Å². The van der Waals surface area contributed by atoms with E-state index < -0.39 is 6.10 Å². The van der Waals surface area contributed by atoms with Crippen LogP contribution in [0.25, 0.3) is 5.57 Å². The Hall–Kier alpha value is -2.37. The largest absolute Gasteiger partial charge is 0.493 e. The molecule has 5 heteroatoms. The molecule has 0 radical (unpaired) electrons. The first-order valence-electron chi connectivity index (χ1n) is 8.03. The molecule has 4 nitrogen and oxygen atoms in total. The number of aromatic nitrogens is 1. The van der Waals surface area contributed by atoms with Gasteiger partial charge in [0.05, 0.1) is 19.9 Å². The Kier molecular flexibility index (Phi) is 5.36. The number of ether oxygens (including phenoxy) is 2. The third kappa shape index (κ3) is 3.67. The molecule has 1 atom stereocenters. The van der Waals surface area contributed by atoms with Crippen LogP contribution in [0.2, 0.25) is 0 Å². The summed E-state index contributed by atoms with van der Waals surface area (Å²) in [5.41, 5.74) is 3.33. The van der Waals surface area contributed by atoms with E-state index in [0.29, 0.717) is 17.2 Å². The van der Waals surface area contributed by atoms with E-state index in [4.69, 9.17) is 9.47 Å². The van der Waals surface area contributed by atoms with Crippen LogP contribution in [0.3, 0.4) is 0 Å². The Bertz CT molecular complexity index is 849. The minimum absolute atomic E-state index is 0.603. The van der Waals surface area contributed by atoms with Gasteiger partial charge in [0.25, 0.3) is 0 Å². The van der Waals surface area contributed by atoms with E-state index in [9.17, 15) is 5.11 Å². The van der Waals surface area contributed by atoms with E-state index in [0.717, 1.165) is 28.1 Å². The minimum atomic E-state index is -0.811. The lowest BCUT2D eigenvalue weighted by molar-refractivity contribution is 0.215. The molecule has 0 spiro atoms. The molecule has 1 N–H and O–H groups in total. The number of aryl methyl sites for hydroxylation is 1. The topological polar surface area (TPSA) is 51.6 Å². The van der Waals surface area contributed by atoms with Crippen LogP contribution in [-0.2, 0) is 0 Å². The molecular formula is C20H21NO3S. The highest BCUT2D eigenvalue weighted by molar-refractivity contribution is 7.10. The Morgan fingerprint density at radius 2 is 2.04 bits per heavy atom. The molecule has 1 aliphatic carbocycles. The Balaban J connectivity index is 1.92. The number of methoxy groups -OCH3 is 2. The average Bonchev–Trinajstić information content (AvgIpc) is 2.95. The zero-order chi connectivity index (χ0) is 17.8. The minimum Gasteiger partial charge on any atom is -0.493 e. The fraction of sp³-hybridized carbons (Fsp3) is 0.250. The van der Waals surface area contributed by atoms with Crippen LogP contribution >= 0.6 is 11.3 Å². The van der Waals surface area contributed by atoms with Crippen LogP contribution in [0.5, 0.6) is 11.5 Å². The van der Waals surface area contributed by atoms with Crippen LogP contribution in [0.4, 0.5) is 0 Å². The SMILES string of the molecule is COc1cc(C(O)c2csc(C3=CC=CCC=C3)n2)cc(C)c1OC. The van der Waals surface area contributed by atoms with E-state index in [1.54, 1.807) is 20.3 Å². The van der Waals surface area contributed by atoms with Crippen molar-refractivity contribution in [3.63, 3.8) is 0 Å². The number of aliphatic hydroxyl groups excluding tert-OH is 1. The Morgan fingerprint density at radius 1 is 1.20 bits per heavy atom. The van der Waals surface area contributed by atoms with Gasteiger partial charge in [0, 0.05) is 11.0 Å². The van der Waals surface area contributed by atoms with E-state index in [2.05, 4.69) is 23.2 Å². The summed E-state index contributed by atoms with van der Waals surface area (Å²) in [5.74, 6) is 1.28. The Morgan fingerprint density at radius 3 is 2.80 bits per heavy atom. The molecule has 1 unspecified atom stereocenters. The third-order valence-electron chi connectivity index (χ3n) is 4.03. The lowest BCUT2D eigenvalue weighted by atomic mass is 10.0. The van der Waals surface area contributed by atoms with Crippen LogP contribution in [0.15, 0.2) is 47.9 Å². The molecule has 0 amide bonds. The van der Waals surface area contributed by atoms with Gasteiger partial charge in [0.15, 0.2) is 11.5 Å². The standard InChI is InChI=1S/C20H21NO3S/c1-13-10-15(11-17(23-2)19(13)24-3)18(22)16-12-25-20(21-16)14-8-6-4-5-7-9-14/h4,6-12,18,22H,5H2,1-3H3. The number of benzene rings is 1. The summed E-state index contributed by atoms with van der Waals surface area (Å²) in [4.78, 5) is 4.62. The summed E-state index contributed by atoms with van der Waals surface area (Å²) in [5, 5.41) is 13.6. The smallest absolute Gasteiger partial charge is 0.163 e. The number of allylic oxidation sites excluding steroid dienone is 6. The third-order valence-corrected chi connectivity index (χ3v) is 4.94. The Labute approximate surface area is 151 Å². The summed E-state index contributed by atoms with van der Waals surface area (Å²) in [6.45, 7) is 1.93. The maximum Gasteiger partial charge on any atom is 0.163 e. The molecule has 0 saturated carbocycles. The summed E-state index contributed by atoms with van der Waals surface area (Å²) in [7, 11) is 3.20. The lowest BCUT2D eigenvalue weighted by Crippen LogP contribution is -2.03. The fourth-order valence-corrected chi connectivity index (χ4v) is 3.62. The van der Waals surface area contributed by atoms with Crippen molar-refractivity contribution in [2.75, 3.05) is 14.2 Å². The molecule has 130 valence electrons. The average molecular weight is 355 g/mol. The van der Waals surface area contributed by atoms with Crippen molar-refractivity contribution in [3.05, 3.63) is 69.7 Å². The normalized spacial score (nSPS) is 14.8. The highest BCUT2D eigenvalue weighted by Crippen LogP contribution is 2.36. The number of thiazole rings is 1. The van der Waals surface area contributed by atoms with E-state index in [1.807, 2.05) is 30.5 Å². The van der Waals surface area contributed by atoms with E-state index >= 15 is 0 Å². The molecule has 0 saturated heterocycles. The van der Waals surface area contributed by atoms with Crippen molar-refractivity contribution in [2.24, 2.45) is 0 Å². The predicted molar refractivity (Wildman–Crippen MR) is 101 cm³/mol. The molecule has 25 heavy (non-hydrogen) atoms. The second-order valence-electron chi connectivity index (χ2n) is 5.74. The van der Waals surface area contributed by atoms with Crippen LogP contribution in [0, 0.1) is 6.92 Å². The van der Waals surface area contributed by atoms with Crippen LogP contribution in [-0.4, -0.2) is 24.3 Å². The van der Waals surface area contributed by atoms with Gasteiger partial charge in [0.1, 0.15) is 11.1 Å². The van der Waals surface area contributed by atoms with Crippen molar-refractivity contribution < 1.29 is 14.6 Å². The van der Waals surface area contributed by atoms with Crippen molar-refractivity contribution in [1.29, 1.82) is 0 Å². The quantitative estimate of drug-likeness (QED) is 0.861. The van der Waals surface area contributed by atoms with Crippen LogP contribution in [0.1, 0.15) is 34.4 Å². The zero-order valence-electron chi connectivity index (χ0n) is 14.5. The predicted octanol–water partition coefficient (Wildman–Crippen LogP) is 4.45. The number of hydrogen-bond acceptors (Lipinski definition) is 5. The molecule has 1 heterocycles. The lowest BCUT2D eigenvalue weighted by Gasteiger charge is -2.15. The number of aliphatic hydroxyl groups is 1. The van der Waals surface area contributed by atoms with Gasteiger partial charge in [-0.2, -0.15) is 0 Å². The summed E-state index contributed by atoms with van der Waals surface area (Å²) >= 11 is 1.53. The zero-order valence-corrected chi connectivity index (χ0v) is 15.3. The number of hydrogen-bond donors (Lipinski definition) is 1. The first kappa shape index (κ1) is 17.5. The molecular weight excluding hydrogens is 334 g/mol. The molecule has 0 bridgehead atoms.